The number of fused-ring (bicyclic) bond motifs is 1. The third-order valence-electron chi connectivity index (χ3n) is 6.90. The molecule has 0 saturated carbocycles. The zero-order chi connectivity index (χ0) is 31.7. The fraction of sp³-hybridized carbons (Fsp3) is 0.194. The van der Waals surface area contributed by atoms with Gasteiger partial charge < -0.3 is 19.9 Å². The highest BCUT2D eigenvalue weighted by atomic mass is 35.5. The summed E-state index contributed by atoms with van der Waals surface area (Å²) in [6.07, 6.45) is 3.64. The maximum Gasteiger partial charge on any atom is 0.290 e. The number of benzene rings is 3. The average molecular weight is 639 g/mol. The Bertz CT molecular complexity index is 1830. The molecule has 2 heterocycles. The van der Waals surface area contributed by atoms with Gasteiger partial charge in [-0.25, -0.2) is 22.8 Å². The van der Waals surface area contributed by atoms with Gasteiger partial charge in [-0.2, -0.15) is 0 Å². The van der Waals surface area contributed by atoms with Gasteiger partial charge in [-0.05, 0) is 73.8 Å². The molecule has 0 spiro atoms. The molecule has 0 aliphatic rings. The van der Waals surface area contributed by atoms with Crippen molar-refractivity contribution in [3.05, 3.63) is 96.2 Å². The predicted molar refractivity (Wildman–Crippen MR) is 171 cm³/mol. The molecule has 0 atom stereocenters. The molecule has 0 unspecified atom stereocenters. The van der Waals surface area contributed by atoms with E-state index in [9.17, 15) is 12.8 Å². The van der Waals surface area contributed by atoms with E-state index in [1.54, 1.807) is 24.3 Å². The van der Waals surface area contributed by atoms with Gasteiger partial charge in [0.1, 0.15) is 18.0 Å². The average Bonchev–Trinajstić information content (AvgIpc) is 3.42. The summed E-state index contributed by atoms with van der Waals surface area (Å²) in [6.45, 7) is 8.15. The van der Waals surface area contributed by atoms with E-state index in [2.05, 4.69) is 73.8 Å². The number of rotatable bonds is 11. The lowest BCUT2D eigenvalue weighted by Gasteiger charge is -2.18. The van der Waals surface area contributed by atoms with Crippen molar-refractivity contribution in [1.29, 1.82) is 0 Å². The molecule has 0 amide bonds. The van der Waals surface area contributed by atoms with Crippen LogP contribution in [0.3, 0.4) is 0 Å². The Balaban J connectivity index is 0.00000141. The first-order chi connectivity index (χ1) is 21.2. The second-order valence-corrected chi connectivity index (χ2v) is 11.7. The Morgan fingerprint density at radius 3 is 2.36 bits per heavy atom. The first-order valence-electron chi connectivity index (χ1n) is 13.7. The minimum atomic E-state index is -3.93. The molecular formula is C31H32ClFN6O4S. The summed E-state index contributed by atoms with van der Waals surface area (Å²) in [4.78, 5) is 19.4. The van der Waals surface area contributed by atoms with Crippen molar-refractivity contribution in [2.75, 3.05) is 29.7 Å². The number of carbonyl (C=O) groups is 1. The molecule has 2 aromatic heterocycles. The molecule has 0 aliphatic heterocycles. The molecule has 10 nitrogen and oxygen atoms in total. The predicted octanol–water partition coefficient (Wildman–Crippen LogP) is 6.48. The van der Waals surface area contributed by atoms with Gasteiger partial charge in [-0.1, -0.05) is 31.5 Å². The number of sulfonamides is 1. The van der Waals surface area contributed by atoms with Crippen LogP contribution >= 0.6 is 11.6 Å². The van der Waals surface area contributed by atoms with Crippen molar-refractivity contribution < 1.29 is 22.7 Å². The molecule has 3 N–H and O–H groups in total. The Morgan fingerprint density at radius 2 is 1.68 bits per heavy atom. The number of hydrogen-bond acceptors (Lipinski definition) is 7. The van der Waals surface area contributed by atoms with Gasteiger partial charge in [0.15, 0.2) is 0 Å². The van der Waals surface area contributed by atoms with Crippen molar-refractivity contribution in [3.63, 3.8) is 0 Å². The number of carboxylic acid groups (broad SMARTS) is 1. The lowest BCUT2D eigenvalue weighted by atomic mass is 10.1. The van der Waals surface area contributed by atoms with Gasteiger partial charge in [0, 0.05) is 53.2 Å². The Hall–Kier alpha value is -4.52. The number of hydrogen-bond donors (Lipinski definition) is 3. The fourth-order valence-electron chi connectivity index (χ4n) is 4.55. The summed E-state index contributed by atoms with van der Waals surface area (Å²) < 4.78 is 43.5. The molecule has 13 heteroatoms. The maximum absolute atomic E-state index is 13.4. The second kappa shape index (κ2) is 14.8. The number of nitrogens with zero attached hydrogens (tertiary/aromatic N) is 4. The third kappa shape index (κ3) is 8.10. The zero-order valence-electron chi connectivity index (χ0n) is 24.1. The molecular weight excluding hydrogens is 607 g/mol. The standard InChI is InChI=1S/C30H30ClFN6O2S.CH2O2/c1-3-37(4-2)15-16-38-14-13-22-17-21(5-12-29(22)38)28-19-30(34-20-33-28)35-23-6-8-24(9-7-23)36-41(39,40)25-10-11-27(32)26(31)18-25;2-1-3/h5-14,17-20,36H,3-4,15-16H2,1-2H3,(H,33,34,35);1H,(H,2,3). The van der Waals surface area contributed by atoms with Crippen LogP contribution in [0.4, 0.5) is 21.6 Å². The quantitative estimate of drug-likeness (QED) is 0.140. The Kier molecular flexibility index (Phi) is 10.9. The number of halogens is 2. The van der Waals surface area contributed by atoms with Crippen molar-refractivity contribution in [3.8, 4) is 11.3 Å². The Morgan fingerprint density at radius 1 is 0.977 bits per heavy atom. The van der Waals surface area contributed by atoms with Gasteiger partial charge in [-0.3, -0.25) is 9.52 Å². The van der Waals surface area contributed by atoms with E-state index in [4.69, 9.17) is 21.5 Å². The number of likely N-dealkylation sites (N-methyl/N-ethyl adjacent to an activating group) is 1. The van der Waals surface area contributed by atoms with E-state index >= 15 is 0 Å². The molecule has 5 aromatic rings. The summed E-state index contributed by atoms with van der Waals surface area (Å²) in [7, 11) is -3.93. The molecule has 0 bridgehead atoms. The van der Waals surface area contributed by atoms with Crippen molar-refractivity contribution in [1.82, 2.24) is 19.4 Å². The SMILES string of the molecule is CCN(CC)CCn1ccc2cc(-c3cc(Nc4ccc(NS(=O)(=O)c5ccc(F)c(Cl)c5)cc4)ncn3)ccc21.O=CO. The fourth-order valence-corrected chi connectivity index (χ4v) is 5.88. The monoisotopic (exact) mass is 638 g/mol. The highest BCUT2D eigenvalue weighted by molar-refractivity contribution is 7.92. The number of nitrogens with one attached hydrogen (secondary N) is 2. The first-order valence-corrected chi connectivity index (χ1v) is 15.6. The first kappa shape index (κ1) is 32.4. The summed E-state index contributed by atoms with van der Waals surface area (Å²) in [5, 5.41) is 11.0. The maximum atomic E-state index is 13.4. The van der Waals surface area contributed by atoms with Crippen molar-refractivity contribution in [2.45, 2.75) is 25.3 Å². The summed E-state index contributed by atoms with van der Waals surface area (Å²) in [5.74, 6) is -0.0869. The molecule has 0 aliphatic carbocycles. The lowest BCUT2D eigenvalue weighted by Crippen LogP contribution is -2.26. The van der Waals surface area contributed by atoms with E-state index in [0.717, 1.165) is 61.0 Å². The van der Waals surface area contributed by atoms with Crippen molar-refractivity contribution in [2.24, 2.45) is 0 Å². The normalized spacial score (nSPS) is 11.2. The molecule has 0 fully saturated rings. The second-order valence-electron chi connectivity index (χ2n) is 9.59. The largest absolute Gasteiger partial charge is 0.483 e. The van der Waals surface area contributed by atoms with E-state index in [0.29, 0.717) is 17.2 Å². The third-order valence-corrected chi connectivity index (χ3v) is 8.56. The summed E-state index contributed by atoms with van der Waals surface area (Å²) >= 11 is 5.74. The molecule has 44 heavy (non-hydrogen) atoms. The van der Waals surface area contributed by atoms with E-state index in [1.165, 1.54) is 11.8 Å². The van der Waals surface area contributed by atoms with Gasteiger partial charge in [0.05, 0.1) is 15.6 Å². The molecule has 0 radical (unpaired) electrons. The number of anilines is 3. The lowest BCUT2D eigenvalue weighted by molar-refractivity contribution is -0.122. The van der Waals surface area contributed by atoms with Gasteiger partial charge >= 0.3 is 0 Å². The van der Waals surface area contributed by atoms with E-state index in [1.807, 2.05) is 6.07 Å². The van der Waals surface area contributed by atoms with Gasteiger partial charge in [-0.15, -0.1) is 0 Å². The minimum absolute atomic E-state index is 0.131. The van der Waals surface area contributed by atoms with Crippen LogP contribution in [0.25, 0.3) is 22.2 Å². The van der Waals surface area contributed by atoms with E-state index < -0.39 is 15.8 Å². The van der Waals surface area contributed by atoms with Crippen LogP contribution in [-0.2, 0) is 21.4 Å². The summed E-state index contributed by atoms with van der Waals surface area (Å²) in [6, 6.07) is 20.3. The molecule has 0 saturated heterocycles. The van der Waals surface area contributed by atoms with Crippen LogP contribution in [0.2, 0.25) is 5.02 Å². The van der Waals surface area contributed by atoms with Gasteiger partial charge in [0.25, 0.3) is 16.5 Å². The summed E-state index contributed by atoms with van der Waals surface area (Å²) in [5.41, 5.74) is 4.00. The topological polar surface area (TPSA) is 129 Å². The van der Waals surface area contributed by atoms with Crippen molar-refractivity contribution >= 4 is 56.2 Å². The van der Waals surface area contributed by atoms with Crippen LogP contribution in [0, 0.1) is 5.82 Å². The van der Waals surface area contributed by atoms with Gasteiger partial charge in [0.2, 0.25) is 0 Å². The van der Waals surface area contributed by atoms with Crippen LogP contribution in [-0.4, -0.2) is 59.1 Å². The van der Waals surface area contributed by atoms with Crippen LogP contribution < -0.4 is 10.0 Å². The van der Waals surface area contributed by atoms with Crippen LogP contribution in [0.1, 0.15) is 13.8 Å². The molecule has 230 valence electrons. The van der Waals surface area contributed by atoms with Crippen LogP contribution in [0.5, 0.6) is 0 Å². The zero-order valence-corrected chi connectivity index (χ0v) is 25.7. The smallest absolute Gasteiger partial charge is 0.290 e. The van der Waals surface area contributed by atoms with Crippen LogP contribution in [0.15, 0.2) is 90.2 Å². The minimum Gasteiger partial charge on any atom is -0.483 e. The Labute approximate surface area is 260 Å². The number of aromatic nitrogens is 3. The highest BCUT2D eigenvalue weighted by Gasteiger charge is 2.16. The molecule has 5 rings (SSSR count). The molecule has 3 aromatic carbocycles. The highest BCUT2D eigenvalue weighted by Crippen LogP contribution is 2.27. The van der Waals surface area contributed by atoms with E-state index in [-0.39, 0.29) is 16.4 Å².